The summed E-state index contributed by atoms with van der Waals surface area (Å²) >= 11 is 3.41. The van der Waals surface area contributed by atoms with Crippen LogP contribution in [0.5, 0.6) is 5.75 Å². The van der Waals surface area contributed by atoms with Gasteiger partial charge in [0.2, 0.25) is 0 Å². The zero-order valence-electron chi connectivity index (χ0n) is 12.7. The molecule has 0 amide bonds. The van der Waals surface area contributed by atoms with Crippen molar-refractivity contribution in [1.29, 1.82) is 0 Å². The molecule has 0 radical (unpaired) electrons. The summed E-state index contributed by atoms with van der Waals surface area (Å²) in [4.78, 5) is 0. The highest BCUT2D eigenvalue weighted by Gasteiger charge is 2.22. The van der Waals surface area contributed by atoms with Gasteiger partial charge >= 0.3 is 0 Å². The highest BCUT2D eigenvalue weighted by molar-refractivity contribution is 9.10. The van der Waals surface area contributed by atoms with Crippen molar-refractivity contribution in [3.8, 4) is 5.75 Å². The van der Waals surface area contributed by atoms with Crippen LogP contribution in [0.4, 0.5) is 0 Å². The predicted octanol–water partition coefficient (Wildman–Crippen LogP) is 2.93. The van der Waals surface area contributed by atoms with Crippen LogP contribution in [0.3, 0.4) is 0 Å². The molecule has 0 saturated heterocycles. The van der Waals surface area contributed by atoms with Crippen molar-refractivity contribution < 1.29 is 9.84 Å². The number of aromatic hydroxyl groups is 1. The smallest absolute Gasteiger partial charge is 0.286 e. The maximum atomic E-state index is 12.1. The number of halogens is 1. The molecule has 22 heavy (non-hydrogen) atoms. The largest absolute Gasteiger partial charge is 0.618 e. The number of nitrogens with zero attached hydrogens (tertiary/aromatic N) is 2. The molecule has 2 aromatic rings. The fraction of sp³-hybridized carbons (Fsp3) is 0.250. The average molecular weight is 364 g/mol. The van der Waals surface area contributed by atoms with E-state index < -0.39 is 0 Å². The summed E-state index contributed by atoms with van der Waals surface area (Å²) in [5, 5.41) is 26.5. The van der Waals surface area contributed by atoms with E-state index >= 15 is 0 Å². The van der Waals surface area contributed by atoms with E-state index in [1.54, 1.807) is 0 Å². The van der Waals surface area contributed by atoms with Gasteiger partial charge in [-0.25, -0.2) is 0 Å². The van der Waals surface area contributed by atoms with Crippen LogP contribution in [-0.2, 0) is 0 Å². The first-order chi connectivity index (χ1) is 10.3. The number of benzene rings is 1. The van der Waals surface area contributed by atoms with Crippen LogP contribution in [0, 0.1) is 5.21 Å². The van der Waals surface area contributed by atoms with E-state index in [0.29, 0.717) is 10.4 Å². The number of hydrazone groups is 1. The Morgan fingerprint density at radius 2 is 2.00 bits per heavy atom. The van der Waals surface area contributed by atoms with Crippen LogP contribution in [-0.4, -0.2) is 16.4 Å². The lowest BCUT2D eigenvalue weighted by Crippen LogP contribution is -2.37. The maximum absolute atomic E-state index is 12.1. The van der Waals surface area contributed by atoms with Gasteiger partial charge in [-0.2, -0.15) is 9.83 Å². The van der Waals surface area contributed by atoms with Crippen LogP contribution in [0.1, 0.15) is 32.0 Å². The summed E-state index contributed by atoms with van der Waals surface area (Å²) in [6.45, 7) is 5.89. The molecule has 2 rings (SSSR count). The third-order valence-corrected chi connectivity index (χ3v) is 3.26. The summed E-state index contributed by atoms with van der Waals surface area (Å²) in [5.74, 6) is -0.119. The average Bonchev–Trinajstić information content (AvgIpc) is 2.41. The molecule has 5 nitrogen and oxygen atoms in total. The van der Waals surface area contributed by atoms with Gasteiger partial charge in [0.15, 0.2) is 17.7 Å². The highest BCUT2D eigenvalue weighted by atomic mass is 79.9. The quantitative estimate of drug-likeness (QED) is 0.381. The van der Waals surface area contributed by atoms with Gasteiger partial charge in [0.25, 0.3) is 5.69 Å². The van der Waals surface area contributed by atoms with Crippen LogP contribution in [0.15, 0.2) is 52.2 Å². The molecule has 6 heteroatoms. The summed E-state index contributed by atoms with van der Waals surface area (Å²) in [7, 11) is 0. The predicted molar refractivity (Wildman–Crippen MR) is 89.7 cm³/mol. The van der Waals surface area contributed by atoms with E-state index in [1.165, 1.54) is 18.3 Å². The minimum Gasteiger partial charge on any atom is -0.618 e. The van der Waals surface area contributed by atoms with E-state index in [0.717, 1.165) is 10.0 Å². The molecule has 0 spiro atoms. The van der Waals surface area contributed by atoms with E-state index in [1.807, 2.05) is 45.0 Å². The lowest BCUT2D eigenvalue weighted by Gasteiger charge is -2.19. The number of nitrogens with one attached hydrogen (secondary N) is 1. The Kier molecular flexibility index (Phi) is 4.71. The zero-order chi connectivity index (χ0) is 16.3. The minimum absolute atomic E-state index is 0.109. The molecule has 1 aromatic carbocycles. The molecule has 0 aliphatic heterocycles. The van der Waals surface area contributed by atoms with Gasteiger partial charge in [-0.1, -0.05) is 28.1 Å². The molecule has 0 unspecified atom stereocenters. The van der Waals surface area contributed by atoms with Gasteiger partial charge in [-0.15, -0.1) is 0 Å². The van der Waals surface area contributed by atoms with Crippen molar-refractivity contribution in [3.63, 3.8) is 0 Å². The topological polar surface area (TPSA) is 71.6 Å². The van der Waals surface area contributed by atoms with Crippen molar-refractivity contribution in [2.24, 2.45) is 5.10 Å². The Morgan fingerprint density at radius 3 is 2.59 bits per heavy atom. The first-order valence-corrected chi connectivity index (χ1v) is 7.59. The Hall–Kier alpha value is -2.08. The highest BCUT2D eigenvalue weighted by Crippen LogP contribution is 2.20. The second kappa shape index (κ2) is 6.36. The van der Waals surface area contributed by atoms with Crippen LogP contribution < -0.4 is 10.2 Å². The summed E-state index contributed by atoms with van der Waals surface area (Å²) < 4.78 is 1.47. The maximum Gasteiger partial charge on any atom is 0.286 e. The lowest BCUT2D eigenvalue weighted by molar-refractivity contribution is -0.607. The molecule has 1 heterocycles. The third-order valence-electron chi connectivity index (χ3n) is 2.76. The van der Waals surface area contributed by atoms with Crippen molar-refractivity contribution >= 4 is 21.6 Å². The summed E-state index contributed by atoms with van der Waals surface area (Å²) in [6, 6.07) is 10.4. The number of rotatable bonds is 3. The third kappa shape index (κ3) is 3.98. The van der Waals surface area contributed by atoms with E-state index in [-0.39, 0.29) is 17.0 Å². The fourth-order valence-corrected chi connectivity index (χ4v) is 2.22. The normalized spacial score (nSPS) is 12.3. The number of hydrogen-bond donors (Lipinski definition) is 2. The van der Waals surface area contributed by atoms with E-state index in [2.05, 4.69) is 26.5 Å². The Bertz CT molecular complexity index is 689. The minimum atomic E-state index is -0.268. The van der Waals surface area contributed by atoms with Crippen molar-refractivity contribution in [3.05, 3.63) is 63.5 Å². The van der Waals surface area contributed by atoms with E-state index in [4.69, 9.17) is 0 Å². The Balaban J connectivity index is 2.61. The fourth-order valence-electron chi connectivity index (χ4n) is 1.82. The van der Waals surface area contributed by atoms with Gasteiger partial charge in [0.05, 0.1) is 0 Å². The summed E-state index contributed by atoms with van der Waals surface area (Å²) in [5.41, 5.74) is 3.94. The Morgan fingerprint density at radius 1 is 1.27 bits per heavy atom. The molecule has 0 aliphatic carbocycles. The van der Waals surface area contributed by atoms with Crippen LogP contribution in [0.25, 0.3) is 0 Å². The van der Waals surface area contributed by atoms with Gasteiger partial charge in [0.1, 0.15) is 0 Å². The van der Waals surface area contributed by atoms with Crippen molar-refractivity contribution in [2.75, 3.05) is 0 Å². The molecular weight excluding hydrogens is 346 g/mol. The molecule has 0 bridgehead atoms. The van der Waals surface area contributed by atoms with Gasteiger partial charge < -0.3 is 15.7 Å². The second-order valence-electron chi connectivity index (χ2n) is 5.90. The van der Waals surface area contributed by atoms with Crippen molar-refractivity contribution in [1.82, 2.24) is 5.43 Å². The van der Waals surface area contributed by atoms with Crippen molar-refractivity contribution in [2.45, 2.75) is 26.3 Å². The number of hydrogen-bond acceptors (Lipinski definition) is 4. The number of aromatic nitrogens is 1. The molecule has 116 valence electrons. The lowest BCUT2D eigenvalue weighted by atomic mass is 10.1. The van der Waals surface area contributed by atoms with Gasteiger partial charge in [-0.05, 0) is 39.0 Å². The number of pyridine rings is 1. The van der Waals surface area contributed by atoms with Gasteiger partial charge in [-0.3, -0.25) is 0 Å². The molecule has 0 aliphatic rings. The SMILES string of the molecule is CC(C)(C)N/N=C(/c1cccc(Br)c1)c1c(O)ccc[n+]1[O-]. The van der Waals surface area contributed by atoms with Crippen LogP contribution in [0.2, 0.25) is 0 Å². The van der Waals surface area contributed by atoms with Crippen LogP contribution >= 0.6 is 15.9 Å². The molecule has 0 fully saturated rings. The molecular formula is C16H18BrN3O2. The molecule has 0 saturated carbocycles. The zero-order valence-corrected chi connectivity index (χ0v) is 14.3. The Labute approximate surface area is 138 Å². The molecule has 2 N–H and O–H groups in total. The molecule has 1 aromatic heterocycles. The van der Waals surface area contributed by atoms with E-state index in [9.17, 15) is 10.3 Å². The standard InChI is InChI=1S/C16H18BrN3O2/c1-16(2,3)19-18-14(11-6-4-7-12(17)10-11)15-13(21)8-5-9-20(15)22/h4-10,19,21H,1-3H3/b18-14-. The monoisotopic (exact) mass is 363 g/mol. The second-order valence-corrected chi connectivity index (χ2v) is 6.82. The first kappa shape index (κ1) is 16.3. The summed E-state index contributed by atoms with van der Waals surface area (Å²) in [6.07, 6.45) is 1.33. The van der Waals surface area contributed by atoms with Gasteiger partial charge in [0, 0.05) is 21.6 Å². The first-order valence-electron chi connectivity index (χ1n) is 6.80. The molecule has 0 atom stereocenters.